The summed E-state index contributed by atoms with van der Waals surface area (Å²) < 4.78 is 0. The minimum atomic E-state index is -0.199. The molecular weight excluding hydrogens is 200 g/mol. The molecule has 1 aromatic carbocycles. The van der Waals surface area contributed by atoms with E-state index in [2.05, 4.69) is 37.4 Å². The summed E-state index contributed by atoms with van der Waals surface area (Å²) >= 11 is 0. The maximum atomic E-state index is 11.3. The van der Waals surface area contributed by atoms with Gasteiger partial charge < -0.3 is 11.1 Å². The van der Waals surface area contributed by atoms with E-state index in [1.54, 1.807) is 0 Å². The van der Waals surface area contributed by atoms with Crippen LogP contribution in [0.4, 0.5) is 0 Å². The van der Waals surface area contributed by atoms with Crippen LogP contribution in [0.1, 0.15) is 22.6 Å². The Bertz CT molecular complexity index is 414. The molecule has 3 nitrogen and oxygen atoms in total. The van der Waals surface area contributed by atoms with Gasteiger partial charge in [-0.25, -0.2) is 0 Å². The van der Waals surface area contributed by atoms with Gasteiger partial charge in [0.15, 0.2) is 0 Å². The van der Waals surface area contributed by atoms with Gasteiger partial charge in [0.1, 0.15) is 0 Å². The normalized spacial score (nSPS) is 24.6. The van der Waals surface area contributed by atoms with Gasteiger partial charge >= 0.3 is 0 Å². The molecule has 0 bridgehead atoms. The topological polar surface area (TPSA) is 55.1 Å². The molecule has 3 N–H and O–H groups in total. The molecule has 0 spiro atoms. The van der Waals surface area contributed by atoms with Crippen molar-refractivity contribution in [3.63, 3.8) is 0 Å². The van der Waals surface area contributed by atoms with Crippen LogP contribution in [0.2, 0.25) is 0 Å². The van der Waals surface area contributed by atoms with E-state index in [0.29, 0.717) is 6.54 Å². The maximum absolute atomic E-state index is 11.3. The molecule has 2 rings (SSSR count). The first-order valence-corrected chi connectivity index (χ1v) is 5.67. The smallest absolute Gasteiger partial charge is 0.222 e. The van der Waals surface area contributed by atoms with E-state index in [1.165, 1.54) is 16.7 Å². The number of hydrogen-bond acceptors (Lipinski definition) is 2. The van der Waals surface area contributed by atoms with E-state index < -0.39 is 0 Å². The number of nitrogens with two attached hydrogens (primary N) is 1. The largest absolute Gasteiger partial charge is 0.369 e. The fraction of sp³-hybridized carbons (Fsp3) is 0.462. The lowest BCUT2D eigenvalue weighted by molar-refractivity contribution is -0.121. The Labute approximate surface area is 96.0 Å². The summed E-state index contributed by atoms with van der Waals surface area (Å²) in [5.41, 5.74) is 9.18. The van der Waals surface area contributed by atoms with Crippen molar-refractivity contribution in [1.29, 1.82) is 0 Å². The van der Waals surface area contributed by atoms with Gasteiger partial charge in [0, 0.05) is 19.0 Å². The quantitative estimate of drug-likeness (QED) is 0.780. The second kappa shape index (κ2) is 4.26. The highest BCUT2D eigenvalue weighted by atomic mass is 16.1. The second-order valence-corrected chi connectivity index (χ2v) is 4.63. The molecule has 2 atom stereocenters. The first-order valence-electron chi connectivity index (χ1n) is 5.67. The molecule has 3 heteroatoms. The van der Waals surface area contributed by atoms with Crippen molar-refractivity contribution in [2.75, 3.05) is 13.1 Å². The molecule has 1 amide bonds. The number of carbonyl (C=O) groups excluding carboxylic acids is 1. The Kier molecular flexibility index (Phi) is 2.97. The number of rotatable bonds is 2. The highest BCUT2D eigenvalue weighted by molar-refractivity contribution is 5.78. The molecule has 0 aromatic heterocycles. The van der Waals surface area contributed by atoms with Crippen molar-refractivity contribution in [3.05, 3.63) is 34.9 Å². The van der Waals surface area contributed by atoms with Crippen molar-refractivity contribution >= 4 is 5.91 Å². The summed E-state index contributed by atoms with van der Waals surface area (Å²) in [5.74, 6) is -0.0329. The van der Waals surface area contributed by atoms with Crippen LogP contribution in [-0.4, -0.2) is 19.0 Å². The lowest BCUT2D eigenvalue weighted by Crippen LogP contribution is -2.28. The molecule has 1 aromatic rings. The molecule has 1 aliphatic heterocycles. The average molecular weight is 218 g/mol. The number of benzene rings is 1. The molecule has 1 fully saturated rings. The fourth-order valence-electron chi connectivity index (χ4n) is 2.55. The van der Waals surface area contributed by atoms with Gasteiger partial charge in [-0.1, -0.05) is 23.8 Å². The Morgan fingerprint density at radius 2 is 2.12 bits per heavy atom. The number of carbonyl (C=O) groups is 1. The first kappa shape index (κ1) is 11.1. The summed E-state index contributed by atoms with van der Waals surface area (Å²) in [6.45, 7) is 5.72. The predicted octanol–water partition coefficient (Wildman–Crippen LogP) is 1.09. The highest BCUT2D eigenvalue weighted by Gasteiger charge is 2.33. The first-order chi connectivity index (χ1) is 7.59. The third-order valence-corrected chi connectivity index (χ3v) is 3.40. The number of aryl methyl sites for hydroxylation is 2. The van der Waals surface area contributed by atoms with Gasteiger partial charge in [0.2, 0.25) is 5.91 Å². The minimum absolute atomic E-state index is 0.0681. The number of hydrogen-bond donors (Lipinski definition) is 2. The maximum Gasteiger partial charge on any atom is 0.222 e. The van der Waals surface area contributed by atoms with Crippen LogP contribution in [0, 0.1) is 19.8 Å². The molecule has 0 aliphatic carbocycles. The standard InChI is InChI=1S/C13H18N2O/c1-8-3-4-10(9(2)5-8)11-6-15-7-12(11)13(14)16/h3-5,11-12,15H,6-7H2,1-2H3,(H2,14,16). The third-order valence-electron chi connectivity index (χ3n) is 3.40. The van der Waals surface area contributed by atoms with Crippen LogP contribution < -0.4 is 11.1 Å². The number of nitrogens with one attached hydrogen (secondary N) is 1. The summed E-state index contributed by atoms with van der Waals surface area (Å²) in [5, 5.41) is 3.24. The zero-order chi connectivity index (χ0) is 11.7. The highest BCUT2D eigenvalue weighted by Crippen LogP contribution is 2.30. The van der Waals surface area contributed by atoms with Crippen LogP contribution in [0.15, 0.2) is 18.2 Å². The summed E-state index contributed by atoms with van der Waals surface area (Å²) in [7, 11) is 0. The van der Waals surface area contributed by atoms with Crippen LogP contribution in [0.3, 0.4) is 0 Å². The number of primary amides is 1. The van der Waals surface area contributed by atoms with Gasteiger partial charge in [-0.15, -0.1) is 0 Å². The van der Waals surface area contributed by atoms with Crippen molar-refractivity contribution in [2.24, 2.45) is 11.7 Å². The molecule has 1 aliphatic rings. The molecule has 16 heavy (non-hydrogen) atoms. The van der Waals surface area contributed by atoms with Gasteiger partial charge in [0.05, 0.1) is 5.92 Å². The van der Waals surface area contributed by atoms with E-state index in [1.807, 2.05) is 0 Å². The molecule has 86 valence electrons. The minimum Gasteiger partial charge on any atom is -0.369 e. The Morgan fingerprint density at radius 1 is 1.38 bits per heavy atom. The lowest BCUT2D eigenvalue weighted by atomic mass is 9.85. The van der Waals surface area contributed by atoms with Crippen LogP contribution in [0.5, 0.6) is 0 Å². The summed E-state index contributed by atoms with van der Waals surface area (Å²) in [4.78, 5) is 11.3. The number of amides is 1. The second-order valence-electron chi connectivity index (χ2n) is 4.63. The van der Waals surface area contributed by atoms with E-state index in [-0.39, 0.29) is 17.7 Å². The zero-order valence-electron chi connectivity index (χ0n) is 9.79. The Hall–Kier alpha value is -1.35. The molecule has 0 saturated carbocycles. The van der Waals surface area contributed by atoms with Crippen LogP contribution >= 0.6 is 0 Å². The van der Waals surface area contributed by atoms with E-state index in [0.717, 1.165) is 6.54 Å². The third kappa shape index (κ3) is 1.95. The van der Waals surface area contributed by atoms with Crippen LogP contribution in [-0.2, 0) is 4.79 Å². The monoisotopic (exact) mass is 218 g/mol. The molecule has 1 heterocycles. The molecule has 1 saturated heterocycles. The van der Waals surface area contributed by atoms with Crippen LogP contribution in [0.25, 0.3) is 0 Å². The SMILES string of the molecule is Cc1ccc(C2CNCC2C(N)=O)c(C)c1. The van der Waals surface area contributed by atoms with Crippen molar-refractivity contribution in [1.82, 2.24) is 5.32 Å². The average Bonchev–Trinajstić information content (AvgIpc) is 2.66. The van der Waals surface area contributed by atoms with E-state index >= 15 is 0 Å². The summed E-state index contributed by atoms with van der Waals surface area (Å²) in [6, 6.07) is 6.38. The van der Waals surface area contributed by atoms with Gasteiger partial charge in [-0.3, -0.25) is 4.79 Å². The zero-order valence-corrected chi connectivity index (χ0v) is 9.79. The van der Waals surface area contributed by atoms with E-state index in [9.17, 15) is 4.79 Å². The Morgan fingerprint density at radius 3 is 2.75 bits per heavy atom. The molecule has 2 unspecified atom stereocenters. The molecule has 0 radical (unpaired) electrons. The Balaban J connectivity index is 2.32. The fourth-order valence-corrected chi connectivity index (χ4v) is 2.55. The van der Waals surface area contributed by atoms with Gasteiger partial charge in [-0.2, -0.15) is 0 Å². The van der Waals surface area contributed by atoms with Gasteiger partial charge in [-0.05, 0) is 25.0 Å². The van der Waals surface area contributed by atoms with Crippen molar-refractivity contribution in [3.8, 4) is 0 Å². The van der Waals surface area contributed by atoms with Crippen molar-refractivity contribution < 1.29 is 4.79 Å². The van der Waals surface area contributed by atoms with Crippen molar-refractivity contribution in [2.45, 2.75) is 19.8 Å². The lowest BCUT2D eigenvalue weighted by Gasteiger charge is -2.18. The predicted molar refractivity (Wildman–Crippen MR) is 64.2 cm³/mol. The van der Waals surface area contributed by atoms with E-state index in [4.69, 9.17) is 5.73 Å². The summed E-state index contributed by atoms with van der Waals surface area (Å²) in [6.07, 6.45) is 0. The van der Waals surface area contributed by atoms with Gasteiger partial charge in [0.25, 0.3) is 0 Å². The molecular formula is C13H18N2O.